The molecule has 0 aliphatic carbocycles. The van der Waals surface area contributed by atoms with Gasteiger partial charge in [0.15, 0.2) is 0 Å². The van der Waals surface area contributed by atoms with E-state index in [1.807, 2.05) is 36.4 Å². The smallest absolute Gasteiger partial charge is 0.408 e. The van der Waals surface area contributed by atoms with E-state index in [4.69, 9.17) is 9.16 Å². The summed E-state index contributed by atoms with van der Waals surface area (Å²) in [4.78, 5) is 24.4. The van der Waals surface area contributed by atoms with E-state index in [0.717, 1.165) is 10.4 Å². The average molecular weight is 454 g/mol. The van der Waals surface area contributed by atoms with Crippen LogP contribution in [0.3, 0.4) is 0 Å². The molecule has 0 fully saturated rings. The lowest BCUT2D eigenvalue weighted by molar-refractivity contribution is -0.111. The number of carbonyl (C=O) groups is 2. The summed E-state index contributed by atoms with van der Waals surface area (Å²) in [6.07, 6.45) is 0.836. The lowest BCUT2D eigenvalue weighted by Gasteiger charge is -2.45. The van der Waals surface area contributed by atoms with E-state index in [1.165, 1.54) is 0 Å². The fourth-order valence-corrected chi connectivity index (χ4v) is 8.47. The van der Waals surface area contributed by atoms with Crippen molar-refractivity contribution >= 4 is 31.1 Å². The molecule has 0 aromatic heterocycles. The molecule has 1 N–H and O–H groups in total. The molecule has 0 saturated heterocycles. The molecule has 2 rings (SSSR count). The standard InChI is InChI=1S/C26H35NO4Si/c1-8-23(22(19-28)27-24(29)30-25(2,3)4)31-32(26(5,6)7,20-15-11-9-12-16-20)21-17-13-10-14-18-21/h8-19,22-23H,1H2,2-7H3,(H,27,29)/t22-,23-/m0/s1. The Morgan fingerprint density at radius 1 is 0.938 bits per heavy atom. The van der Waals surface area contributed by atoms with Crippen LogP contribution in [0.2, 0.25) is 5.04 Å². The monoisotopic (exact) mass is 453 g/mol. The molecular weight excluding hydrogens is 418 g/mol. The lowest BCUT2D eigenvalue weighted by Crippen LogP contribution is -2.69. The first-order valence-electron chi connectivity index (χ1n) is 10.8. The molecule has 0 bridgehead atoms. The van der Waals surface area contributed by atoms with E-state index in [0.29, 0.717) is 6.29 Å². The Morgan fingerprint density at radius 2 is 1.41 bits per heavy atom. The summed E-state index contributed by atoms with van der Waals surface area (Å²) in [5.74, 6) is 0. The zero-order chi connectivity index (χ0) is 24.0. The summed E-state index contributed by atoms with van der Waals surface area (Å²) in [7, 11) is -2.93. The molecule has 0 saturated carbocycles. The maximum Gasteiger partial charge on any atom is 0.408 e. The quantitative estimate of drug-likeness (QED) is 0.369. The molecule has 0 unspecified atom stereocenters. The van der Waals surface area contributed by atoms with Gasteiger partial charge < -0.3 is 19.3 Å². The van der Waals surface area contributed by atoms with Crippen molar-refractivity contribution in [2.24, 2.45) is 0 Å². The summed E-state index contributed by atoms with van der Waals surface area (Å²) in [6, 6.07) is 19.3. The van der Waals surface area contributed by atoms with Crippen molar-refractivity contribution in [3.8, 4) is 0 Å². The van der Waals surface area contributed by atoms with E-state index in [1.54, 1.807) is 26.8 Å². The number of carbonyl (C=O) groups excluding carboxylic acids is 2. The third-order valence-electron chi connectivity index (χ3n) is 5.15. The Morgan fingerprint density at radius 3 is 1.75 bits per heavy atom. The van der Waals surface area contributed by atoms with E-state index in [2.05, 4.69) is 56.9 Å². The minimum absolute atomic E-state index is 0.281. The van der Waals surface area contributed by atoms with E-state index in [9.17, 15) is 9.59 Å². The summed E-state index contributed by atoms with van der Waals surface area (Å²) < 4.78 is 12.3. The number of aldehydes is 1. The van der Waals surface area contributed by atoms with Gasteiger partial charge >= 0.3 is 6.09 Å². The highest BCUT2D eigenvalue weighted by atomic mass is 28.4. The molecule has 6 heteroatoms. The molecule has 5 nitrogen and oxygen atoms in total. The zero-order valence-electron chi connectivity index (χ0n) is 19.9. The van der Waals surface area contributed by atoms with Gasteiger partial charge in [-0.1, -0.05) is 87.5 Å². The lowest BCUT2D eigenvalue weighted by atomic mass is 10.2. The molecule has 172 valence electrons. The Bertz CT molecular complexity index is 861. The second-order valence-electron chi connectivity index (χ2n) is 9.79. The first-order valence-corrected chi connectivity index (χ1v) is 12.7. The van der Waals surface area contributed by atoms with Crippen LogP contribution in [0.1, 0.15) is 41.5 Å². The van der Waals surface area contributed by atoms with Crippen LogP contribution in [-0.4, -0.2) is 38.4 Å². The largest absolute Gasteiger partial charge is 0.444 e. The fraction of sp³-hybridized carbons (Fsp3) is 0.385. The van der Waals surface area contributed by atoms with E-state index < -0.39 is 32.2 Å². The van der Waals surface area contributed by atoms with Crippen LogP contribution in [0, 0.1) is 0 Å². The van der Waals surface area contributed by atoms with E-state index in [-0.39, 0.29) is 5.04 Å². The number of hydrogen-bond donors (Lipinski definition) is 1. The predicted octanol–water partition coefficient (Wildman–Crippen LogP) is 4.21. The Labute approximate surface area is 193 Å². The number of nitrogens with one attached hydrogen (secondary N) is 1. The minimum Gasteiger partial charge on any atom is -0.444 e. The molecule has 32 heavy (non-hydrogen) atoms. The molecule has 2 atom stereocenters. The van der Waals surface area contributed by atoms with Crippen molar-refractivity contribution in [3.63, 3.8) is 0 Å². The molecule has 2 aromatic carbocycles. The topological polar surface area (TPSA) is 64.6 Å². The predicted molar refractivity (Wildman–Crippen MR) is 132 cm³/mol. The van der Waals surface area contributed by atoms with Gasteiger partial charge in [0.05, 0.1) is 6.10 Å². The number of alkyl carbamates (subject to hydrolysis) is 1. The SMILES string of the molecule is C=C[C@H](O[Si](c1ccccc1)(c1ccccc1)C(C)(C)C)[C@H](C=O)NC(=O)OC(C)(C)C. The Kier molecular flexibility index (Phi) is 8.21. The highest BCUT2D eigenvalue weighted by Gasteiger charge is 2.52. The second-order valence-corrected chi connectivity index (χ2v) is 14.0. The number of hydrogen-bond acceptors (Lipinski definition) is 4. The third kappa shape index (κ3) is 5.96. The molecule has 1 amide bonds. The van der Waals surface area contributed by atoms with Gasteiger partial charge in [0, 0.05) is 0 Å². The highest BCUT2D eigenvalue weighted by molar-refractivity contribution is 6.99. The number of benzene rings is 2. The van der Waals surface area contributed by atoms with Crippen molar-refractivity contribution in [2.75, 3.05) is 0 Å². The van der Waals surface area contributed by atoms with Gasteiger partial charge in [-0.3, -0.25) is 0 Å². The maximum absolute atomic E-state index is 12.4. The molecule has 0 radical (unpaired) electrons. The van der Waals surface area contributed by atoms with Crippen LogP contribution in [0.15, 0.2) is 73.3 Å². The molecule has 0 heterocycles. The summed E-state index contributed by atoms with van der Waals surface area (Å²) >= 11 is 0. The van der Waals surface area contributed by atoms with Gasteiger partial charge in [-0.15, -0.1) is 6.58 Å². The van der Waals surface area contributed by atoms with Crippen molar-refractivity contribution in [3.05, 3.63) is 73.3 Å². The average Bonchev–Trinajstić information content (AvgIpc) is 2.72. The van der Waals surface area contributed by atoms with Crippen molar-refractivity contribution in [1.82, 2.24) is 5.32 Å². The first-order chi connectivity index (χ1) is 14.9. The molecule has 0 spiro atoms. The van der Waals surface area contributed by atoms with Crippen LogP contribution >= 0.6 is 0 Å². The van der Waals surface area contributed by atoms with Crippen LogP contribution < -0.4 is 15.7 Å². The number of amides is 1. The van der Waals surface area contributed by atoms with Gasteiger partial charge in [0.2, 0.25) is 0 Å². The van der Waals surface area contributed by atoms with Gasteiger partial charge in [-0.2, -0.15) is 0 Å². The van der Waals surface area contributed by atoms with E-state index >= 15 is 0 Å². The van der Waals surface area contributed by atoms with Crippen LogP contribution in [0.5, 0.6) is 0 Å². The van der Waals surface area contributed by atoms with Crippen molar-refractivity contribution in [1.29, 1.82) is 0 Å². The van der Waals surface area contributed by atoms with Gasteiger partial charge in [0.1, 0.15) is 17.9 Å². The van der Waals surface area contributed by atoms with Crippen molar-refractivity contribution in [2.45, 2.75) is 64.3 Å². The summed E-state index contributed by atoms with van der Waals surface area (Å²) in [5.41, 5.74) is -0.681. The molecule has 0 aliphatic heterocycles. The Balaban J connectivity index is 2.55. The van der Waals surface area contributed by atoms with Gasteiger partial charge in [0.25, 0.3) is 8.32 Å². The van der Waals surface area contributed by atoms with Crippen LogP contribution in [-0.2, 0) is 14.0 Å². The zero-order valence-corrected chi connectivity index (χ0v) is 20.9. The summed E-state index contributed by atoms with van der Waals surface area (Å²) in [6.45, 7) is 15.7. The molecule has 2 aromatic rings. The summed E-state index contributed by atoms with van der Waals surface area (Å²) in [5, 5.41) is 4.52. The number of rotatable bonds is 8. The minimum atomic E-state index is -2.93. The normalized spacial score (nSPS) is 14.2. The van der Waals surface area contributed by atoms with Crippen LogP contribution in [0.25, 0.3) is 0 Å². The fourth-order valence-electron chi connectivity index (χ4n) is 3.80. The van der Waals surface area contributed by atoms with Gasteiger partial charge in [-0.25, -0.2) is 4.79 Å². The second kappa shape index (κ2) is 10.3. The first kappa shape index (κ1) is 25.6. The highest BCUT2D eigenvalue weighted by Crippen LogP contribution is 2.37. The number of ether oxygens (including phenoxy) is 1. The van der Waals surface area contributed by atoms with Crippen molar-refractivity contribution < 1.29 is 18.8 Å². The Hall–Kier alpha value is -2.70. The third-order valence-corrected chi connectivity index (χ3v) is 10.2. The molecular formula is C26H35NO4Si. The van der Waals surface area contributed by atoms with Crippen LogP contribution in [0.4, 0.5) is 4.79 Å². The maximum atomic E-state index is 12.4. The van der Waals surface area contributed by atoms with Gasteiger partial charge in [-0.05, 0) is 36.2 Å². The molecule has 0 aliphatic rings.